The van der Waals surface area contributed by atoms with Gasteiger partial charge in [-0.2, -0.15) is 4.39 Å². The van der Waals surface area contributed by atoms with Gasteiger partial charge in [0, 0.05) is 57.4 Å². The van der Waals surface area contributed by atoms with Crippen molar-refractivity contribution in [1.29, 1.82) is 0 Å². The fourth-order valence-corrected chi connectivity index (χ4v) is 4.75. The van der Waals surface area contributed by atoms with Crippen LogP contribution >= 0.6 is 0 Å². The van der Waals surface area contributed by atoms with Crippen molar-refractivity contribution in [1.82, 2.24) is 30.3 Å². The van der Waals surface area contributed by atoms with Gasteiger partial charge in [-0.3, -0.25) is 19.9 Å². The van der Waals surface area contributed by atoms with Crippen LogP contribution in [-0.4, -0.2) is 76.2 Å². The van der Waals surface area contributed by atoms with E-state index in [9.17, 15) is 22.8 Å². The predicted octanol–water partition coefficient (Wildman–Crippen LogP) is 2.17. The molecule has 2 fully saturated rings. The van der Waals surface area contributed by atoms with Crippen molar-refractivity contribution >= 4 is 22.6 Å². The van der Waals surface area contributed by atoms with Gasteiger partial charge in [0.25, 0.3) is 11.5 Å². The van der Waals surface area contributed by atoms with E-state index in [0.717, 1.165) is 0 Å². The minimum Gasteiger partial charge on any atom is -0.365 e. The minimum absolute atomic E-state index is 0.0763. The van der Waals surface area contributed by atoms with Gasteiger partial charge in [0.05, 0.1) is 16.7 Å². The molecule has 12 heteroatoms. The van der Waals surface area contributed by atoms with E-state index in [1.54, 1.807) is 6.07 Å². The number of hydrazine groups is 1. The maximum absolute atomic E-state index is 14.8. The molecule has 0 radical (unpaired) electrons. The molecular formula is C25H28F3N7O2. The van der Waals surface area contributed by atoms with Crippen LogP contribution in [0.4, 0.5) is 18.9 Å². The van der Waals surface area contributed by atoms with Crippen LogP contribution in [0.15, 0.2) is 29.1 Å². The number of carbonyl (C=O) groups is 1. The van der Waals surface area contributed by atoms with Gasteiger partial charge in [0.1, 0.15) is 23.4 Å². The molecule has 2 N–H and O–H groups in total. The van der Waals surface area contributed by atoms with Crippen LogP contribution in [0.25, 0.3) is 11.0 Å². The maximum atomic E-state index is 14.8. The number of aryl methyl sites for hydroxylation is 1. The molecular weight excluding hydrogens is 487 g/mol. The zero-order valence-electron chi connectivity index (χ0n) is 20.4. The fraction of sp³-hybridized carbons (Fsp3) is 0.440. The van der Waals surface area contributed by atoms with Gasteiger partial charge < -0.3 is 9.88 Å². The number of aromatic amines is 1. The lowest BCUT2D eigenvalue weighted by molar-refractivity contribution is 0.0811. The predicted molar refractivity (Wildman–Crippen MR) is 132 cm³/mol. The number of fused-ring (bicyclic) bond motifs is 1. The molecule has 2 aromatic heterocycles. The number of pyridine rings is 1. The minimum atomic E-state index is -0.987. The highest BCUT2D eigenvalue weighted by Gasteiger charge is 2.25. The van der Waals surface area contributed by atoms with Gasteiger partial charge in [0.2, 0.25) is 5.95 Å². The number of nitrogens with zero attached hydrogens (tertiary/aromatic N) is 5. The number of amides is 1. The highest BCUT2D eigenvalue weighted by Crippen LogP contribution is 2.22. The van der Waals surface area contributed by atoms with Crippen molar-refractivity contribution in [2.24, 2.45) is 0 Å². The summed E-state index contributed by atoms with van der Waals surface area (Å²) in [5.74, 6) is -1.73. The number of rotatable bonds is 6. The van der Waals surface area contributed by atoms with E-state index in [1.165, 1.54) is 23.2 Å². The summed E-state index contributed by atoms with van der Waals surface area (Å²) >= 11 is 0. The second-order valence-electron chi connectivity index (χ2n) is 9.37. The van der Waals surface area contributed by atoms with E-state index in [4.69, 9.17) is 0 Å². The molecule has 0 bridgehead atoms. The first kappa shape index (κ1) is 25.2. The second kappa shape index (κ2) is 10.5. The number of nitrogens with one attached hydrogen (secondary N) is 2. The van der Waals surface area contributed by atoms with Crippen molar-refractivity contribution in [2.45, 2.75) is 32.5 Å². The number of halogens is 3. The lowest BCUT2D eigenvalue weighted by Crippen LogP contribution is -2.46. The lowest BCUT2D eigenvalue weighted by Gasteiger charge is -2.36. The summed E-state index contributed by atoms with van der Waals surface area (Å²) in [6, 6.07) is 5.93. The van der Waals surface area contributed by atoms with Crippen LogP contribution in [0, 0.1) is 11.8 Å². The summed E-state index contributed by atoms with van der Waals surface area (Å²) in [5.41, 5.74) is 4.21. The SMILES string of the molecule is CCc1nc2cc(F)c(CN3CCN(c4ccc(C(=O)NN5CCC(F)C5)nc4F)CC3)cc2[nH]c1=O. The van der Waals surface area contributed by atoms with Crippen LogP contribution in [0.5, 0.6) is 0 Å². The summed E-state index contributed by atoms with van der Waals surface area (Å²) in [4.78, 5) is 39.2. The van der Waals surface area contributed by atoms with Crippen molar-refractivity contribution in [3.05, 3.63) is 63.3 Å². The molecule has 2 saturated heterocycles. The molecule has 37 heavy (non-hydrogen) atoms. The smallest absolute Gasteiger partial charge is 0.284 e. The van der Waals surface area contributed by atoms with Crippen LogP contribution < -0.4 is 15.9 Å². The molecule has 9 nitrogen and oxygen atoms in total. The van der Waals surface area contributed by atoms with Crippen LogP contribution in [0.1, 0.15) is 35.1 Å². The van der Waals surface area contributed by atoms with Gasteiger partial charge in [-0.15, -0.1) is 0 Å². The topological polar surface area (TPSA) is 97.5 Å². The van der Waals surface area contributed by atoms with E-state index in [1.807, 2.05) is 16.7 Å². The molecule has 5 rings (SSSR count). The first-order valence-electron chi connectivity index (χ1n) is 12.4. The van der Waals surface area contributed by atoms with E-state index in [-0.39, 0.29) is 23.5 Å². The number of hydrogen-bond donors (Lipinski definition) is 2. The standard InChI is InChI=1S/C25H28F3N7O2/c1-2-18-24(36)31-20-11-15(17(27)12-21(20)29-18)13-33-7-9-34(10-8-33)22-4-3-19(30-23(22)28)25(37)32-35-6-5-16(26)14-35/h3-4,11-12,16H,2,5-10,13-14H2,1H3,(H,31,36)(H,32,37). The Bertz CT molecular complexity index is 1370. The second-order valence-corrected chi connectivity index (χ2v) is 9.37. The van der Waals surface area contributed by atoms with Crippen molar-refractivity contribution in [2.75, 3.05) is 44.2 Å². The quantitative estimate of drug-likeness (QED) is 0.486. The fourth-order valence-electron chi connectivity index (χ4n) is 4.75. The summed E-state index contributed by atoms with van der Waals surface area (Å²) in [5, 5.41) is 1.47. The van der Waals surface area contributed by atoms with Crippen molar-refractivity contribution < 1.29 is 18.0 Å². The third kappa shape index (κ3) is 5.44. The van der Waals surface area contributed by atoms with E-state index in [0.29, 0.717) is 74.4 Å². The van der Waals surface area contributed by atoms with Crippen LogP contribution in [0.2, 0.25) is 0 Å². The molecule has 2 aliphatic rings. The number of aromatic nitrogens is 3. The van der Waals surface area contributed by atoms with E-state index >= 15 is 0 Å². The average molecular weight is 516 g/mol. The number of anilines is 1. The van der Waals surface area contributed by atoms with E-state index in [2.05, 4.69) is 20.4 Å². The average Bonchev–Trinajstić information content (AvgIpc) is 3.29. The van der Waals surface area contributed by atoms with Crippen LogP contribution in [-0.2, 0) is 13.0 Å². The summed E-state index contributed by atoms with van der Waals surface area (Å²) < 4.78 is 42.9. The zero-order chi connectivity index (χ0) is 26.1. The third-order valence-corrected chi connectivity index (χ3v) is 6.82. The van der Waals surface area contributed by atoms with Crippen LogP contribution in [0.3, 0.4) is 0 Å². The third-order valence-electron chi connectivity index (χ3n) is 6.82. The van der Waals surface area contributed by atoms with Gasteiger partial charge in [-0.1, -0.05) is 6.92 Å². The summed E-state index contributed by atoms with van der Waals surface area (Å²) in [6.07, 6.45) is -0.180. The number of alkyl halides is 1. The Morgan fingerprint density at radius 1 is 1.14 bits per heavy atom. The number of hydrogen-bond acceptors (Lipinski definition) is 7. The van der Waals surface area contributed by atoms with Gasteiger partial charge in [-0.05, 0) is 31.0 Å². The molecule has 1 unspecified atom stereocenters. The van der Waals surface area contributed by atoms with Gasteiger partial charge >= 0.3 is 0 Å². The maximum Gasteiger partial charge on any atom is 0.284 e. The molecule has 3 aromatic rings. The Balaban J connectivity index is 1.21. The molecule has 0 spiro atoms. The normalized spacial score (nSPS) is 19.0. The van der Waals surface area contributed by atoms with Crippen molar-refractivity contribution in [3.63, 3.8) is 0 Å². The Kier molecular flexibility index (Phi) is 7.11. The highest BCUT2D eigenvalue weighted by molar-refractivity contribution is 5.92. The Labute approximate surface area is 211 Å². The molecule has 0 aliphatic carbocycles. The molecule has 196 valence electrons. The first-order chi connectivity index (χ1) is 17.8. The number of carbonyl (C=O) groups excluding carboxylic acids is 1. The molecule has 1 atom stereocenters. The number of benzene rings is 1. The number of piperazine rings is 1. The summed E-state index contributed by atoms with van der Waals surface area (Å²) in [6.45, 7) is 4.75. The van der Waals surface area contributed by atoms with Gasteiger partial charge in [-0.25, -0.2) is 23.8 Å². The molecule has 2 aliphatic heterocycles. The molecule has 1 aromatic carbocycles. The Morgan fingerprint density at radius 2 is 1.92 bits per heavy atom. The number of H-pyrrole nitrogens is 1. The summed E-state index contributed by atoms with van der Waals surface area (Å²) in [7, 11) is 0. The zero-order valence-corrected chi connectivity index (χ0v) is 20.4. The monoisotopic (exact) mass is 515 g/mol. The van der Waals surface area contributed by atoms with Gasteiger partial charge in [0.15, 0.2) is 0 Å². The Hall–Kier alpha value is -3.51. The first-order valence-corrected chi connectivity index (χ1v) is 12.4. The van der Waals surface area contributed by atoms with Crippen molar-refractivity contribution in [3.8, 4) is 0 Å². The van der Waals surface area contributed by atoms with E-state index < -0.39 is 23.8 Å². The molecule has 4 heterocycles. The largest absolute Gasteiger partial charge is 0.365 e. The lowest BCUT2D eigenvalue weighted by atomic mass is 10.1. The Morgan fingerprint density at radius 3 is 2.59 bits per heavy atom. The molecule has 1 amide bonds. The molecule has 0 saturated carbocycles. The highest BCUT2D eigenvalue weighted by atomic mass is 19.1.